The Kier molecular flexibility index (Phi) is 5.87. The smallest absolute Gasteiger partial charge is 0.257 e. The second-order valence-electron chi connectivity index (χ2n) is 5.04. The van der Waals surface area contributed by atoms with Crippen LogP contribution in [0, 0.1) is 0 Å². The Morgan fingerprint density at radius 1 is 1.04 bits per heavy atom. The van der Waals surface area contributed by atoms with Crippen LogP contribution in [0.5, 0.6) is 0 Å². The van der Waals surface area contributed by atoms with Gasteiger partial charge in [0.2, 0.25) is 0 Å². The van der Waals surface area contributed by atoms with Gasteiger partial charge in [-0.25, -0.2) is 0 Å². The van der Waals surface area contributed by atoms with Crippen LogP contribution in [-0.4, -0.2) is 15.1 Å². The van der Waals surface area contributed by atoms with Gasteiger partial charge in [0.25, 0.3) is 5.91 Å². The second kappa shape index (κ2) is 7.94. The fourth-order valence-corrected chi connectivity index (χ4v) is 3.63. The topological polar surface area (TPSA) is 42.0 Å². The van der Waals surface area contributed by atoms with Gasteiger partial charge in [0.1, 0.15) is 0 Å². The molecule has 0 radical (unpaired) electrons. The minimum atomic E-state index is -1.11. The number of amides is 1. The maximum absolute atomic E-state index is 11.5. The largest absolute Gasteiger partial charge is 0.324 e. The van der Waals surface area contributed by atoms with Crippen molar-refractivity contribution in [2.75, 3.05) is 5.32 Å². The maximum Gasteiger partial charge on any atom is 0.257 e. The lowest BCUT2D eigenvalue weighted by Gasteiger charge is -2.06. The molecule has 25 heavy (non-hydrogen) atoms. The average molecular weight is 432 g/mol. The fraction of sp³-hybridized carbons (Fsp3) is 0.0588. The molecule has 0 bridgehead atoms. The van der Waals surface area contributed by atoms with Crippen molar-refractivity contribution < 1.29 is 4.79 Å². The van der Waals surface area contributed by atoms with Gasteiger partial charge in [-0.1, -0.05) is 64.6 Å². The molecule has 0 aliphatic heterocycles. The third kappa shape index (κ3) is 4.27. The van der Waals surface area contributed by atoms with Crippen molar-refractivity contribution in [1.82, 2.24) is 4.37 Å². The van der Waals surface area contributed by atoms with E-state index in [4.69, 9.17) is 46.4 Å². The molecule has 3 aromatic rings. The summed E-state index contributed by atoms with van der Waals surface area (Å²) < 4.78 is 4.45. The van der Waals surface area contributed by atoms with E-state index in [0.717, 1.165) is 16.1 Å². The Bertz CT molecular complexity index is 889. The molecule has 0 aliphatic rings. The third-order valence-electron chi connectivity index (χ3n) is 3.36. The number of nitrogens with one attached hydrogen (secondary N) is 1. The van der Waals surface area contributed by atoms with Crippen LogP contribution in [-0.2, 0) is 4.79 Å². The van der Waals surface area contributed by atoms with Crippen molar-refractivity contribution in [2.24, 2.45) is 0 Å². The summed E-state index contributed by atoms with van der Waals surface area (Å²) in [4.78, 5) is 11.3. The first-order chi connectivity index (χ1) is 12.0. The van der Waals surface area contributed by atoms with Gasteiger partial charge in [-0.05, 0) is 47.4 Å². The van der Waals surface area contributed by atoms with E-state index in [1.165, 1.54) is 11.5 Å². The molecule has 8 heteroatoms. The van der Waals surface area contributed by atoms with E-state index in [0.29, 0.717) is 21.3 Å². The van der Waals surface area contributed by atoms with Crippen molar-refractivity contribution in [3.63, 3.8) is 0 Å². The zero-order valence-electron chi connectivity index (χ0n) is 12.5. The zero-order valence-corrected chi connectivity index (χ0v) is 16.3. The van der Waals surface area contributed by atoms with E-state index in [1.54, 1.807) is 30.3 Å². The summed E-state index contributed by atoms with van der Waals surface area (Å²) in [5.74, 6) is -0.468. The SMILES string of the molecule is O=C(Nc1ccc(-c2cc(-c3c(Cl)cccc3Cl)ns2)cc1)C(Cl)Cl. The van der Waals surface area contributed by atoms with Gasteiger partial charge in [0, 0.05) is 11.3 Å². The first-order valence-electron chi connectivity index (χ1n) is 7.06. The molecule has 3 nitrogen and oxygen atoms in total. The monoisotopic (exact) mass is 430 g/mol. The Morgan fingerprint density at radius 3 is 2.28 bits per heavy atom. The predicted molar refractivity (Wildman–Crippen MR) is 107 cm³/mol. The number of benzene rings is 2. The predicted octanol–water partition coefficient (Wildman–Crippen LogP) is 6.53. The summed E-state index contributed by atoms with van der Waals surface area (Å²) in [7, 11) is 0. The molecule has 2 aromatic carbocycles. The van der Waals surface area contributed by atoms with E-state index in [9.17, 15) is 4.79 Å². The highest BCUT2D eigenvalue weighted by atomic mass is 35.5. The Balaban J connectivity index is 1.84. The number of carbonyl (C=O) groups is 1. The molecular weight excluding hydrogens is 422 g/mol. The standard InChI is InChI=1S/C17H10Cl4N2OS/c18-11-2-1-3-12(19)15(11)13-8-14(25-23-13)9-4-6-10(7-5-9)22-17(24)16(20)21/h1-8,16H,(H,22,24). The number of hydrogen-bond donors (Lipinski definition) is 1. The molecule has 128 valence electrons. The minimum Gasteiger partial charge on any atom is -0.324 e. The molecule has 0 saturated carbocycles. The number of hydrogen-bond acceptors (Lipinski definition) is 3. The molecule has 3 rings (SSSR count). The molecule has 1 N–H and O–H groups in total. The number of nitrogens with zero attached hydrogens (tertiary/aromatic N) is 1. The number of rotatable bonds is 4. The molecule has 0 saturated heterocycles. The Hall–Kier alpha value is -1.30. The Morgan fingerprint density at radius 2 is 1.68 bits per heavy atom. The maximum atomic E-state index is 11.5. The molecule has 1 heterocycles. The highest BCUT2D eigenvalue weighted by Crippen LogP contribution is 2.37. The lowest BCUT2D eigenvalue weighted by molar-refractivity contribution is -0.114. The van der Waals surface area contributed by atoms with Crippen LogP contribution in [0.2, 0.25) is 10.0 Å². The van der Waals surface area contributed by atoms with E-state index >= 15 is 0 Å². The van der Waals surface area contributed by atoms with Crippen LogP contribution in [0.1, 0.15) is 0 Å². The molecule has 1 aromatic heterocycles. The summed E-state index contributed by atoms with van der Waals surface area (Å²) >= 11 is 24.8. The minimum absolute atomic E-state index is 0.468. The van der Waals surface area contributed by atoms with Gasteiger partial charge in [0.05, 0.1) is 20.6 Å². The van der Waals surface area contributed by atoms with Crippen LogP contribution < -0.4 is 5.32 Å². The summed E-state index contributed by atoms with van der Waals surface area (Å²) in [5, 5.41) is 3.73. The molecule has 0 atom stereocenters. The van der Waals surface area contributed by atoms with Gasteiger partial charge in [0.15, 0.2) is 4.84 Å². The van der Waals surface area contributed by atoms with Crippen LogP contribution in [0.15, 0.2) is 48.5 Å². The molecular formula is C17H10Cl4N2OS. The van der Waals surface area contributed by atoms with Crippen LogP contribution in [0.25, 0.3) is 21.7 Å². The van der Waals surface area contributed by atoms with Gasteiger partial charge in [-0.3, -0.25) is 4.79 Å². The van der Waals surface area contributed by atoms with Crippen LogP contribution in [0.4, 0.5) is 5.69 Å². The lowest BCUT2D eigenvalue weighted by atomic mass is 10.1. The van der Waals surface area contributed by atoms with Crippen molar-refractivity contribution >= 4 is 69.5 Å². The molecule has 0 spiro atoms. The summed E-state index contributed by atoms with van der Waals surface area (Å²) in [6, 6.07) is 14.6. The first-order valence-corrected chi connectivity index (χ1v) is 9.46. The van der Waals surface area contributed by atoms with E-state index in [-0.39, 0.29) is 0 Å². The number of carbonyl (C=O) groups excluding carboxylic acids is 1. The molecule has 0 fully saturated rings. The van der Waals surface area contributed by atoms with Gasteiger partial charge >= 0.3 is 0 Å². The molecule has 0 unspecified atom stereocenters. The number of alkyl halides is 2. The van der Waals surface area contributed by atoms with Crippen LogP contribution >= 0.6 is 57.9 Å². The van der Waals surface area contributed by atoms with Gasteiger partial charge in [-0.15, -0.1) is 0 Å². The number of halogens is 4. The highest BCUT2D eigenvalue weighted by Gasteiger charge is 2.14. The van der Waals surface area contributed by atoms with E-state index < -0.39 is 10.7 Å². The van der Waals surface area contributed by atoms with E-state index in [1.807, 2.05) is 18.2 Å². The van der Waals surface area contributed by atoms with Crippen molar-refractivity contribution in [3.8, 4) is 21.7 Å². The fourth-order valence-electron chi connectivity index (χ4n) is 2.19. The van der Waals surface area contributed by atoms with E-state index in [2.05, 4.69) is 9.69 Å². The first kappa shape index (κ1) is 18.5. The highest BCUT2D eigenvalue weighted by molar-refractivity contribution is 7.09. The third-order valence-corrected chi connectivity index (χ3v) is 5.23. The number of aromatic nitrogens is 1. The summed E-state index contributed by atoms with van der Waals surface area (Å²) in [5.41, 5.74) is 3.00. The van der Waals surface area contributed by atoms with Gasteiger partial charge < -0.3 is 5.32 Å². The quantitative estimate of drug-likeness (QED) is 0.477. The van der Waals surface area contributed by atoms with Crippen molar-refractivity contribution in [1.29, 1.82) is 0 Å². The zero-order chi connectivity index (χ0) is 18.0. The normalized spacial score (nSPS) is 10.9. The second-order valence-corrected chi connectivity index (χ2v) is 7.76. The summed E-state index contributed by atoms with van der Waals surface area (Å²) in [6.45, 7) is 0. The summed E-state index contributed by atoms with van der Waals surface area (Å²) in [6.07, 6.45) is 0. The van der Waals surface area contributed by atoms with Crippen molar-refractivity contribution in [3.05, 3.63) is 58.6 Å². The molecule has 0 aliphatic carbocycles. The molecule has 1 amide bonds. The van der Waals surface area contributed by atoms with Crippen LogP contribution in [0.3, 0.4) is 0 Å². The number of anilines is 1. The average Bonchev–Trinajstić information content (AvgIpc) is 3.05. The van der Waals surface area contributed by atoms with Crippen molar-refractivity contribution in [2.45, 2.75) is 4.84 Å². The lowest BCUT2D eigenvalue weighted by Crippen LogP contribution is -2.18. The van der Waals surface area contributed by atoms with Gasteiger partial charge in [-0.2, -0.15) is 4.37 Å². The Labute approximate surface area is 168 Å².